The first-order chi connectivity index (χ1) is 15.4. The number of hydrogen-bond acceptors (Lipinski definition) is 4. The van der Waals surface area contributed by atoms with Crippen LogP contribution in [-0.4, -0.2) is 51.7 Å². The van der Waals surface area contributed by atoms with Crippen molar-refractivity contribution in [3.8, 4) is 5.75 Å². The maximum Gasteiger partial charge on any atom is 0.253 e. The van der Waals surface area contributed by atoms with Crippen LogP contribution in [0.5, 0.6) is 5.75 Å². The highest BCUT2D eigenvalue weighted by Gasteiger charge is 2.23. The zero-order valence-electron chi connectivity index (χ0n) is 19.5. The number of carbonyl (C=O) groups is 1. The zero-order valence-corrected chi connectivity index (χ0v) is 19.5. The minimum absolute atomic E-state index is 0.0931. The molecule has 1 saturated heterocycles. The first kappa shape index (κ1) is 22.1. The number of aryl methyl sites for hydroxylation is 4. The number of piperazine rings is 1. The summed E-state index contributed by atoms with van der Waals surface area (Å²) in [7, 11) is 1.95. The quantitative estimate of drug-likeness (QED) is 0.593. The molecule has 0 unspecified atom stereocenters. The van der Waals surface area contributed by atoms with E-state index in [1.54, 1.807) is 0 Å². The fourth-order valence-electron chi connectivity index (χ4n) is 4.25. The van der Waals surface area contributed by atoms with Crippen LogP contribution in [0.25, 0.3) is 0 Å². The summed E-state index contributed by atoms with van der Waals surface area (Å²) < 4.78 is 7.86. The fraction of sp³-hybridized carbons (Fsp3) is 0.385. The molecule has 0 N–H and O–H groups in total. The van der Waals surface area contributed by atoms with Crippen LogP contribution in [0.4, 0.5) is 0 Å². The molecular weight excluding hydrogens is 400 g/mol. The molecule has 4 rings (SSSR count). The summed E-state index contributed by atoms with van der Waals surface area (Å²) in [6.45, 7) is 10.7. The molecule has 1 aliphatic heterocycles. The van der Waals surface area contributed by atoms with E-state index in [0.29, 0.717) is 6.61 Å². The SMILES string of the molecule is Cc1ccc(OCc2cccc(C(=O)N3CCN(Cc4cn(C)nc4C)CC3)c2)c(C)c1. The summed E-state index contributed by atoms with van der Waals surface area (Å²) in [5.74, 6) is 0.975. The van der Waals surface area contributed by atoms with Crippen LogP contribution >= 0.6 is 0 Å². The minimum Gasteiger partial charge on any atom is -0.489 e. The molecule has 32 heavy (non-hydrogen) atoms. The maximum absolute atomic E-state index is 13.1. The van der Waals surface area contributed by atoms with Crippen molar-refractivity contribution >= 4 is 5.91 Å². The van der Waals surface area contributed by atoms with Gasteiger partial charge in [-0.15, -0.1) is 0 Å². The van der Waals surface area contributed by atoms with Crippen molar-refractivity contribution in [3.05, 3.63) is 82.2 Å². The molecule has 1 amide bonds. The van der Waals surface area contributed by atoms with Gasteiger partial charge in [0.05, 0.1) is 5.69 Å². The molecule has 6 heteroatoms. The van der Waals surface area contributed by atoms with Gasteiger partial charge >= 0.3 is 0 Å². The Kier molecular flexibility index (Phi) is 6.61. The minimum atomic E-state index is 0.0931. The second kappa shape index (κ2) is 9.57. The molecule has 0 atom stereocenters. The molecule has 0 radical (unpaired) electrons. The highest BCUT2D eigenvalue weighted by molar-refractivity contribution is 5.94. The standard InChI is InChI=1S/C26H32N4O2/c1-19-8-9-25(20(2)14-19)32-18-22-6-5-7-23(15-22)26(31)30-12-10-29(11-13-30)17-24-16-28(4)27-21(24)3/h5-9,14-16H,10-13,17-18H2,1-4H3. The van der Waals surface area contributed by atoms with Crippen molar-refractivity contribution < 1.29 is 9.53 Å². The number of rotatable bonds is 6. The molecular formula is C26H32N4O2. The molecule has 2 aromatic carbocycles. The average molecular weight is 433 g/mol. The summed E-state index contributed by atoms with van der Waals surface area (Å²) in [6, 6.07) is 14.0. The van der Waals surface area contributed by atoms with Gasteiger partial charge in [-0.1, -0.05) is 29.8 Å². The summed E-state index contributed by atoms with van der Waals surface area (Å²) in [5.41, 5.74) is 6.40. The van der Waals surface area contributed by atoms with Crippen LogP contribution in [0.2, 0.25) is 0 Å². The molecule has 3 aromatic rings. The van der Waals surface area contributed by atoms with Gasteiger partial charge in [0.25, 0.3) is 5.91 Å². The van der Waals surface area contributed by atoms with Gasteiger partial charge in [-0.05, 0) is 50.1 Å². The molecule has 1 fully saturated rings. The first-order valence-corrected chi connectivity index (χ1v) is 11.2. The van der Waals surface area contributed by atoms with Crippen molar-refractivity contribution in [2.75, 3.05) is 26.2 Å². The van der Waals surface area contributed by atoms with E-state index in [-0.39, 0.29) is 5.91 Å². The number of amides is 1. The second-order valence-electron chi connectivity index (χ2n) is 8.74. The molecule has 0 spiro atoms. The molecule has 6 nitrogen and oxygen atoms in total. The van der Waals surface area contributed by atoms with Crippen molar-refractivity contribution in [1.29, 1.82) is 0 Å². The molecule has 1 aromatic heterocycles. The second-order valence-corrected chi connectivity index (χ2v) is 8.74. The molecule has 0 bridgehead atoms. The zero-order chi connectivity index (χ0) is 22.7. The molecule has 2 heterocycles. The molecule has 0 saturated carbocycles. The van der Waals surface area contributed by atoms with Gasteiger partial charge in [0.15, 0.2) is 0 Å². The van der Waals surface area contributed by atoms with Gasteiger partial charge in [-0.3, -0.25) is 14.4 Å². The van der Waals surface area contributed by atoms with E-state index in [1.165, 1.54) is 11.1 Å². The smallest absolute Gasteiger partial charge is 0.253 e. The fourth-order valence-corrected chi connectivity index (χ4v) is 4.25. The molecule has 0 aliphatic carbocycles. The lowest BCUT2D eigenvalue weighted by atomic mass is 10.1. The highest BCUT2D eigenvalue weighted by Crippen LogP contribution is 2.21. The van der Waals surface area contributed by atoms with Gasteiger partial charge < -0.3 is 9.64 Å². The molecule has 168 valence electrons. The Balaban J connectivity index is 1.33. The number of benzene rings is 2. The third-order valence-corrected chi connectivity index (χ3v) is 6.07. The lowest BCUT2D eigenvalue weighted by Crippen LogP contribution is -2.48. The Bertz CT molecular complexity index is 1100. The number of hydrogen-bond donors (Lipinski definition) is 0. The monoisotopic (exact) mass is 432 g/mol. The Morgan fingerprint density at radius 1 is 1.03 bits per heavy atom. The number of ether oxygens (including phenoxy) is 1. The largest absolute Gasteiger partial charge is 0.489 e. The van der Waals surface area contributed by atoms with Crippen molar-refractivity contribution in [2.45, 2.75) is 33.9 Å². The van der Waals surface area contributed by atoms with Gasteiger partial charge in [0.1, 0.15) is 12.4 Å². The highest BCUT2D eigenvalue weighted by atomic mass is 16.5. The van der Waals surface area contributed by atoms with Crippen molar-refractivity contribution in [3.63, 3.8) is 0 Å². The van der Waals surface area contributed by atoms with Gasteiger partial charge in [0.2, 0.25) is 0 Å². The van der Waals surface area contributed by atoms with E-state index in [0.717, 1.165) is 60.9 Å². The lowest BCUT2D eigenvalue weighted by molar-refractivity contribution is 0.0628. The van der Waals surface area contributed by atoms with E-state index < -0.39 is 0 Å². The lowest BCUT2D eigenvalue weighted by Gasteiger charge is -2.34. The topological polar surface area (TPSA) is 50.6 Å². The van der Waals surface area contributed by atoms with E-state index >= 15 is 0 Å². The van der Waals surface area contributed by atoms with Crippen LogP contribution in [-0.2, 0) is 20.2 Å². The van der Waals surface area contributed by atoms with Crippen molar-refractivity contribution in [1.82, 2.24) is 19.6 Å². The molecule has 1 aliphatic rings. The number of carbonyl (C=O) groups excluding carboxylic acids is 1. The Labute approximate surface area is 190 Å². The van der Waals surface area contributed by atoms with Gasteiger partial charge in [-0.25, -0.2) is 0 Å². The van der Waals surface area contributed by atoms with Crippen LogP contribution < -0.4 is 4.74 Å². The van der Waals surface area contributed by atoms with Gasteiger partial charge in [-0.2, -0.15) is 5.10 Å². The maximum atomic E-state index is 13.1. The summed E-state index contributed by atoms with van der Waals surface area (Å²) in [5, 5.41) is 4.43. The van der Waals surface area contributed by atoms with E-state index in [1.807, 2.05) is 53.9 Å². The van der Waals surface area contributed by atoms with Crippen LogP contribution in [0, 0.1) is 20.8 Å². The van der Waals surface area contributed by atoms with E-state index in [9.17, 15) is 4.79 Å². The Hall–Kier alpha value is -3.12. The van der Waals surface area contributed by atoms with E-state index in [4.69, 9.17) is 4.74 Å². The predicted octanol–water partition coefficient (Wildman–Crippen LogP) is 3.88. The summed E-state index contributed by atoms with van der Waals surface area (Å²) in [4.78, 5) is 17.4. The third kappa shape index (κ3) is 5.19. The third-order valence-electron chi connectivity index (χ3n) is 6.07. The van der Waals surface area contributed by atoms with Crippen LogP contribution in [0.1, 0.15) is 38.3 Å². The van der Waals surface area contributed by atoms with Gasteiger partial charge in [0, 0.05) is 57.1 Å². The number of nitrogens with zero attached hydrogens (tertiary/aromatic N) is 4. The average Bonchev–Trinajstić information content (AvgIpc) is 3.10. The van der Waals surface area contributed by atoms with Crippen LogP contribution in [0.15, 0.2) is 48.7 Å². The van der Waals surface area contributed by atoms with Crippen LogP contribution in [0.3, 0.4) is 0 Å². The Morgan fingerprint density at radius 2 is 1.81 bits per heavy atom. The van der Waals surface area contributed by atoms with Crippen molar-refractivity contribution in [2.24, 2.45) is 7.05 Å². The van der Waals surface area contributed by atoms with E-state index in [2.05, 4.69) is 42.2 Å². The number of aromatic nitrogens is 2. The predicted molar refractivity (Wildman–Crippen MR) is 126 cm³/mol. The summed E-state index contributed by atoms with van der Waals surface area (Å²) >= 11 is 0. The Morgan fingerprint density at radius 3 is 2.50 bits per heavy atom. The summed E-state index contributed by atoms with van der Waals surface area (Å²) in [6.07, 6.45) is 2.08. The first-order valence-electron chi connectivity index (χ1n) is 11.2. The normalized spacial score (nSPS) is 14.6.